The second-order valence-corrected chi connectivity index (χ2v) is 7.10. The van der Waals surface area contributed by atoms with E-state index in [0.29, 0.717) is 25.1 Å². The SMILES string of the molecule is CCOC(=O)C1=CN(C(=O)COCc2ccccc2)CCc2c1[nH]c1ccccc21. The molecule has 0 aliphatic carbocycles. The average molecular weight is 404 g/mol. The standard InChI is InChI=1S/C24H24N2O4/c1-2-30-24(28)20-14-26(22(27)16-29-15-17-8-4-3-5-9-17)13-12-19-18-10-6-7-11-21(18)25-23(19)20/h3-11,14,25H,2,12-13,15-16H2,1H3. The number of hydrogen-bond donors (Lipinski definition) is 1. The van der Waals surface area contributed by atoms with Crippen molar-refractivity contribution in [1.82, 2.24) is 9.88 Å². The van der Waals surface area contributed by atoms with Crippen LogP contribution in [0.25, 0.3) is 16.5 Å². The first-order chi connectivity index (χ1) is 14.7. The van der Waals surface area contributed by atoms with Crippen LogP contribution in [0.2, 0.25) is 0 Å². The molecule has 0 unspecified atom stereocenters. The Kier molecular flexibility index (Phi) is 5.95. The van der Waals surface area contributed by atoms with Crippen LogP contribution in [0.1, 0.15) is 23.7 Å². The molecule has 0 saturated heterocycles. The summed E-state index contributed by atoms with van der Waals surface area (Å²) in [5.41, 5.74) is 4.06. The van der Waals surface area contributed by atoms with Gasteiger partial charge in [0.1, 0.15) is 6.61 Å². The van der Waals surface area contributed by atoms with Gasteiger partial charge in [-0.3, -0.25) is 4.79 Å². The molecule has 3 aromatic rings. The van der Waals surface area contributed by atoms with Crippen molar-refractivity contribution in [3.05, 3.63) is 77.6 Å². The third-order valence-electron chi connectivity index (χ3n) is 5.12. The van der Waals surface area contributed by atoms with E-state index in [-0.39, 0.29) is 19.1 Å². The number of amides is 1. The molecule has 0 atom stereocenters. The number of nitrogens with zero attached hydrogens (tertiary/aromatic N) is 1. The predicted octanol–water partition coefficient (Wildman–Crippen LogP) is 3.67. The zero-order valence-electron chi connectivity index (χ0n) is 16.9. The van der Waals surface area contributed by atoms with Gasteiger partial charge in [-0.1, -0.05) is 48.5 Å². The van der Waals surface area contributed by atoms with E-state index in [1.807, 2.05) is 54.6 Å². The summed E-state index contributed by atoms with van der Waals surface area (Å²) >= 11 is 0. The summed E-state index contributed by atoms with van der Waals surface area (Å²) in [4.78, 5) is 30.4. The van der Waals surface area contributed by atoms with Gasteiger partial charge in [0.05, 0.1) is 24.5 Å². The maximum Gasteiger partial charge on any atom is 0.341 e. The summed E-state index contributed by atoms with van der Waals surface area (Å²) in [6.07, 6.45) is 2.22. The Morgan fingerprint density at radius 2 is 1.83 bits per heavy atom. The summed E-state index contributed by atoms with van der Waals surface area (Å²) < 4.78 is 10.9. The fourth-order valence-electron chi connectivity index (χ4n) is 3.68. The Hall–Kier alpha value is -3.38. The van der Waals surface area contributed by atoms with Crippen molar-refractivity contribution in [3.63, 3.8) is 0 Å². The Bertz CT molecular complexity index is 1090. The van der Waals surface area contributed by atoms with Crippen molar-refractivity contribution in [2.75, 3.05) is 19.8 Å². The zero-order valence-corrected chi connectivity index (χ0v) is 16.9. The maximum atomic E-state index is 12.8. The van der Waals surface area contributed by atoms with Gasteiger partial charge in [-0.15, -0.1) is 0 Å². The first-order valence-electron chi connectivity index (χ1n) is 10.1. The highest BCUT2D eigenvalue weighted by Gasteiger charge is 2.27. The minimum atomic E-state index is -0.449. The number of aromatic amines is 1. The molecule has 1 aliphatic heterocycles. The van der Waals surface area contributed by atoms with Gasteiger partial charge in [0.2, 0.25) is 0 Å². The van der Waals surface area contributed by atoms with Crippen LogP contribution in [0.5, 0.6) is 0 Å². The smallest absolute Gasteiger partial charge is 0.341 e. The Morgan fingerprint density at radius 3 is 2.63 bits per heavy atom. The lowest BCUT2D eigenvalue weighted by Crippen LogP contribution is -2.31. The van der Waals surface area contributed by atoms with Crippen LogP contribution in [0.15, 0.2) is 60.8 Å². The van der Waals surface area contributed by atoms with Gasteiger partial charge in [-0.05, 0) is 30.5 Å². The van der Waals surface area contributed by atoms with E-state index in [9.17, 15) is 9.59 Å². The number of aromatic nitrogens is 1. The lowest BCUT2D eigenvalue weighted by atomic mass is 10.0. The Balaban J connectivity index is 1.56. The molecule has 0 saturated carbocycles. The fraction of sp³-hybridized carbons (Fsp3) is 0.250. The van der Waals surface area contributed by atoms with Crippen LogP contribution in [0, 0.1) is 0 Å². The van der Waals surface area contributed by atoms with Crippen LogP contribution >= 0.6 is 0 Å². The first kappa shape index (κ1) is 19.9. The minimum Gasteiger partial charge on any atom is -0.462 e. The van der Waals surface area contributed by atoms with Crippen molar-refractivity contribution in [1.29, 1.82) is 0 Å². The molecule has 2 aromatic carbocycles. The molecular formula is C24H24N2O4. The van der Waals surface area contributed by atoms with Crippen LogP contribution in [-0.2, 0) is 32.1 Å². The third kappa shape index (κ3) is 4.14. The van der Waals surface area contributed by atoms with E-state index in [0.717, 1.165) is 27.7 Å². The average Bonchev–Trinajstić information content (AvgIpc) is 3.02. The van der Waals surface area contributed by atoms with E-state index in [2.05, 4.69) is 4.98 Å². The predicted molar refractivity (Wildman–Crippen MR) is 114 cm³/mol. The number of fused-ring (bicyclic) bond motifs is 3. The molecule has 154 valence electrons. The largest absolute Gasteiger partial charge is 0.462 e. The summed E-state index contributed by atoms with van der Waals surface area (Å²) in [7, 11) is 0. The van der Waals surface area contributed by atoms with Crippen LogP contribution in [0.4, 0.5) is 0 Å². The topological polar surface area (TPSA) is 71.6 Å². The van der Waals surface area contributed by atoms with E-state index in [4.69, 9.17) is 9.47 Å². The monoisotopic (exact) mass is 404 g/mol. The molecule has 1 N–H and O–H groups in total. The minimum absolute atomic E-state index is 0.0593. The number of H-pyrrole nitrogens is 1. The fourth-order valence-corrected chi connectivity index (χ4v) is 3.68. The first-order valence-corrected chi connectivity index (χ1v) is 10.1. The van der Waals surface area contributed by atoms with Crippen molar-refractivity contribution in [2.24, 2.45) is 0 Å². The summed E-state index contributed by atoms with van der Waals surface area (Å²) in [5.74, 6) is -0.641. The molecule has 0 bridgehead atoms. The highest BCUT2D eigenvalue weighted by Crippen LogP contribution is 2.31. The van der Waals surface area contributed by atoms with Gasteiger partial charge < -0.3 is 19.4 Å². The van der Waals surface area contributed by atoms with E-state index in [1.54, 1.807) is 18.0 Å². The number of para-hydroxylation sites is 1. The molecule has 0 fully saturated rings. The molecule has 6 heteroatoms. The lowest BCUT2D eigenvalue weighted by Gasteiger charge is -2.18. The number of hydrogen-bond acceptors (Lipinski definition) is 4. The number of ether oxygens (including phenoxy) is 2. The number of carbonyl (C=O) groups excluding carboxylic acids is 2. The number of nitrogens with one attached hydrogen (secondary N) is 1. The molecule has 6 nitrogen and oxygen atoms in total. The van der Waals surface area contributed by atoms with Gasteiger partial charge in [-0.2, -0.15) is 0 Å². The van der Waals surface area contributed by atoms with Crippen molar-refractivity contribution in [2.45, 2.75) is 20.0 Å². The van der Waals surface area contributed by atoms with Gasteiger partial charge in [0.15, 0.2) is 0 Å². The second-order valence-electron chi connectivity index (χ2n) is 7.10. The number of carbonyl (C=O) groups is 2. The molecule has 2 heterocycles. The molecule has 30 heavy (non-hydrogen) atoms. The number of benzene rings is 2. The van der Waals surface area contributed by atoms with Gasteiger partial charge in [-0.25, -0.2) is 4.79 Å². The van der Waals surface area contributed by atoms with Crippen LogP contribution in [-0.4, -0.2) is 41.5 Å². The summed E-state index contributed by atoms with van der Waals surface area (Å²) in [5, 5.41) is 1.05. The van der Waals surface area contributed by atoms with Gasteiger partial charge >= 0.3 is 5.97 Å². The number of esters is 1. The lowest BCUT2D eigenvalue weighted by molar-refractivity contribution is -0.136. The van der Waals surface area contributed by atoms with Crippen molar-refractivity contribution >= 4 is 28.4 Å². The highest BCUT2D eigenvalue weighted by atomic mass is 16.5. The van der Waals surface area contributed by atoms with Gasteiger partial charge in [0, 0.05) is 23.6 Å². The van der Waals surface area contributed by atoms with Crippen LogP contribution in [0.3, 0.4) is 0 Å². The molecule has 1 aromatic heterocycles. The zero-order chi connectivity index (χ0) is 20.9. The Morgan fingerprint density at radius 1 is 1.07 bits per heavy atom. The van der Waals surface area contributed by atoms with E-state index < -0.39 is 5.97 Å². The Labute approximate surface area is 175 Å². The van der Waals surface area contributed by atoms with Crippen LogP contribution < -0.4 is 0 Å². The molecule has 0 radical (unpaired) electrons. The third-order valence-corrected chi connectivity index (χ3v) is 5.12. The summed E-state index contributed by atoms with van der Waals surface area (Å²) in [6, 6.07) is 17.6. The molecule has 0 spiro atoms. The molecule has 1 aliphatic rings. The van der Waals surface area contributed by atoms with E-state index in [1.165, 1.54) is 0 Å². The quantitative estimate of drug-likeness (QED) is 0.637. The molecular weight excluding hydrogens is 380 g/mol. The van der Waals surface area contributed by atoms with Crippen molar-refractivity contribution < 1.29 is 19.1 Å². The summed E-state index contributed by atoms with van der Waals surface area (Å²) in [6.45, 7) is 2.79. The number of rotatable bonds is 6. The van der Waals surface area contributed by atoms with Crippen molar-refractivity contribution in [3.8, 4) is 0 Å². The highest BCUT2D eigenvalue weighted by molar-refractivity contribution is 6.18. The van der Waals surface area contributed by atoms with E-state index >= 15 is 0 Å². The van der Waals surface area contributed by atoms with Gasteiger partial charge in [0.25, 0.3) is 5.91 Å². The molecule has 4 rings (SSSR count). The second kappa shape index (κ2) is 8.97. The maximum absolute atomic E-state index is 12.8. The molecule has 1 amide bonds. The normalized spacial score (nSPS) is 13.5.